The predicted octanol–water partition coefficient (Wildman–Crippen LogP) is 3.35. The minimum absolute atomic E-state index is 0. The number of guanidine groups is 1. The van der Waals surface area contributed by atoms with E-state index in [1.165, 1.54) is 16.8 Å². The molecular formula is C21H29IN4O. The fourth-order valence-electron chi connectivity index (χ4n) is 3.35. The standard InChI is InChI=1S/C21H28N4O.HI/c1-22-21(23-16-18-8-6-7-9-19(18)17-26-2)25-14-12-24(13-15-25)20-10-4-3-5-11-20;/h3-11H,12-17H2,1-2H3,(H,22,23);1H. The van der Waals surface area contributed by atoms with E-state index in [1.54, 1.807) is 7.11 Å². The van der Waals surface area contributed by atoms with Gasteiger partial charge < -0.3 is 19.9 Å². The van der Waals surface area contributed by atoms with Crippen LogP contribution in [0.5, 0.6) is 0 Å². The van der Waals surface area contributed by atoms with Crippen LogP contribution in [0.2, 0.25) is 0 Å². The summed E-state index contributed by atoms with van der Waals surface area (Å²) in [6.45, 7) is 5.33. The Bertz CT molecular complexity index is 715. The summed E-state index contributed by atoms with van der Waals surface area (Å²) in [5.74, 6) is 0.963. The maximum absolute atomic E-state index is 5.30. The number of hydrogen-bond donors (Lipinski definition) is 1. The van der Waals surface area contributed by atoms with Gasteiger partial charge >= 0.3 is 0 Å². The summed E-state index contributed by atoms with van der Waals surface area (Å²) in [5, 5.41) is 3.51. The van der Waals surface area contributed by atoms with E-state index in [4.69, 9.17) is 4.74 Å². The monoisotopic (exact) mass is 480 g/mol. The molecule has 5 nitrogen and oxygen atoms in total. The van der Waals surface area contributed by atoms with E-state index in [0.29, 0.717) is 6.61 Å². The quantitative estimate of drug-likeness (QED) is 0.405. The number of hydrogen-bond acceptors (Lipinski definition) is 3. The molecule has 0 unspecified atom stereocenters. The lowest BCUT2D eigenvalue weighted by molar-refractivity contribution is 0.184. The van der Waals surface area contributed by atoms with E-state index in [1.807, 2.05) is 7.05 Å². The normalized spacial score (nSPS) is 14.7. The van der Waals surface area contributed by atoms with E-state index < -0.39 is 0 Å². The van der Waals surface area contributed by atoms with Gasteiger partial charge in [0.15, 0.2) is 5.96 Å². The number of methoxy groups -OCH3 is 1. The molecule has 1 aliphatic rings. The molecule has 0 aromatic heterocycles. The molecule has 0 aliphatic carbocycles. The van der Waals surface area contributed by atoms with Crippen LogP contribution in [0.15, 0.2) is 59.6 Å². The number of halogens is 1. The summed E-state index contributed by atoms with van der Waals surface area (Å²) in [4.78, 5) is 9.24. The first-order chi connectivity index (χ1) is 12.8. The molecule has 1 heterocycles. The first kappa shape index (κ1) is 21.5. The number of nitrogens with zero attached hydrogens (tertiary/aromatic N) is 3. The molecule has 0 atom stereocenters. The summed E-state index contributed by atoms with van der Waals surface area (Å²) in [6.07, 6.45) is 0. The Labute approximate surface area is 179 Å². The molecule has 6 heteroatoms. The summed E-state index contributed by atoms with van der Waals surface area (Å²) >= 11 is 0. The zero-order valence-corrected chi connectivity index (χ0v) is 18.4. The third-order valence-electron chi connectivity index (χ3n) is 4.77. The lowest BCUT2D eigenvalue weighted by atomic mass is 10.1. The summed E-state index contributed by atoms with van der Waals surface area (Å²) in [6, 6.07) is 19.0. The Morgan fingerprint density at radius 1 is 0.963 bits per heavy atom. The number of anilines is 1. The number of benzene rings is 2. The van der Waals surface area contributed by atoms with Crippen LogP contribution in [-0.2, 0) is 17.9 Å². The molecule has 146 valence electrons. The Hall–Kier alpha value is -1.80. The van der Waals surface area contributed by atoms with E-state index in [2.05, 4.69) is 74.7 Å². The van der Waals surface area contributed by atoms with Gasteiger partial charge in [0, 0.05) is 52.6 Å². The van der Waals surface area contributed by atoms with Gasteiger partial charge in [-0.05, 0) is 23.3 Å². The topological polar surface area (TPSA) is 40.1 Å². The highest BCUT2D eigenvalue weighted by Gasteiger charge is 2.19. The minimum atomic E-state index is 0. The van der Waals surface area contributed by atoms with Crippen LogP contribution >= 0.6 is 24.0 Å². The second-order valence-electron chi connectivity index (χ2n) is 6.41. The van der Waals surface area contributed by atoms with Crippen molar-refractivity contribution in [3.8, 4) is 0 Å². The van der Waals surface area contributed by atoms with Crippen molar-refractivity contribution >= 4 is 35.6 Å². The molecular weight excluding hydrogens is 451 g/mol. The Morgan fingerprint density at radius 3 is 2.22 bits per heavy atom. The molecule has 1 fully saturated rings. The molecule has 0 bridgehead atoms. The zero-order valence-electron chi connectivity index (χ0n) is 16.1. The van der Waals surface area contributed by atoms with Crippen molar-refractivity contribution < 1.29 is 4.74 Å². The molecule has 27 heavy (non-hydrogen) atoms. The Morgan fingerprint density at radius 2 is 1.59 bits per heavy atom. The van der Waals surface area contributed by atoms with Crippen LogP contribution in [0.4, 0.5) is 5.69 Å². The fourth-order valence-corrected chi connectivity index (χ4v) is 3.35. The molecule has 0 amide bonds. The van der Waals surface area contributed by atoms with E-state index >= 15 is 0 Å². The highest BCUT2D eigenvalue weighted by atomic mass is 127. The molecule has 1 aliphatic heterocycles. The SMILES string of the molecule is CN=C(NCc1ccccc1COC)N1CCN(c2ccccc2)CC1.I. The molecule has 0 radical (unpaired) electrons. The molecule has 1 saturated heterocycles. The van der Waals surface area contributed by atoms with Gasteiger partial charge in [-0.15, -0.1) is 24.0 Å². The van der Waals surface area contributed by atoms with Gasteiger partial charge in [-0.2, -0.15) is 0 Å². The van der Waals surface area contributed by atoms with E-state index in [0.717, 1.165) is 38.7 Å². The number of aliphatic imine (C=N–C) groups is 1. The van der Waals surface area contributed by atoms with Crippen molar-refractivity contribution in [2.45, 2.75) is 13.2 Å². The maximum atomic E-state index is 5.30. The zero-order chi connectivity index (χ0) is 18.2. The third kappa shape index (κ3) is 5.84. The highest BCUT2D eigenvalue weighted by Crippen LogP contribution is 2.16. The van der Waals surface area contributed by atoms with Crippen LogP contribution in [0.3, 0.4) is 0 Å². The number of rotatable bonds is 5. The van der Waals surface area contributed by atoms with Gasteiger partial charge in [-0.25, -0.2) is 0 Å². The largest absolute Gasteiger partial charge is 0.380 e. The lowest BCUT2D eigenvalue weighted by Gasteiger charge is -2.37. The number of ether oxygens (including phenoxy) is 1. The first-order valence-electron chi connectivity index (χ1n) is 9.13. The highest BCUT2D eigenvalue weighted by molar-refractivity contribution is 14.0. The van der Waals surface area contributed by atoms with Gasteiger partial charge in [0.2, 0.25) is 0 Å². The van der Waals surface area contributed by atoms with E-state index in [-0.39, 0.29) is 24.0 Å². The van der Waals surface area contributed by atoms with Crippen molar-refractivity contribution in [3.63, 3.8) is 0 Å². The van der Waals surface area contributed by atoms with Crippen LogP contribution in [-0.4, -0.2) is 51.2 Å². The van der Waals surface area contributed by atoms with Crippen LogP contribution < -0.4 is 10.2 Å². The van der Waals surface area contributed by atoms with Crippen molar-refractivity contribution in [1.82, 2.24) is 10.2 Å². The maximum Gasteiger partial charge on any atom is 0.194 e. The van der Waals surface area contributed by atoms with Gasteiger partial charge in [-0.3, -0.25) is 4.99 Å². The number of nitrogens with one attached hydrogen (secondary N) is 1. The summed E-state index contributed by atoms with van der Waals surface area (Å²) in [7, 11) is 3.59. The van der Waals surface area contributed by atoms with E-state index in [9.17, 15) is 0 Å². The van der Waals surface area contributed by atoms with Crippen molar-refractivity contribution in [3.05, 3.63) is 65.7 Å². The minimum Gasteiger partial charge on any atom is -0.380 e. The van der Waals surface area contributed by atoms with Crippen LogP contribution in [0, 0.1) is 0 Å². The molecule has 1 N–H and O–H groups in total. The fraction of sp³-hybridized carbons (Fsp3) is 0.381. The average Bonchev–Trinajstić information content (AvgIpc) is 2.71. The number of piperazine rings is 1. The second kappa shape index (κ2) is 11.1. The summed E-state index contributed by atoms with van der Waals surface area (Å²) in [5.41, 5.74) is 3.76. The molecule has 3 rings (SSSR count). The third-order valence-corrected chi connectivity index (χ3v) is 4.77. The van der Waals surface area contributed by atoms with Crippen LogP contribution in [0.1, 0.15) is 11.1 Å². The molecule has 0 spiro atoms. The van der Waals surface area contributed by atoms with Crippen molar-refractivity contribution in [1.29, 1.82) is 0 Å². The smallest absolute Gasteiger partial charge is 0.194 e. The second-order valence-corrected chi connectivity index (χ2v) is 6.41. The predicted molar refractivity (Wildman–Crippen MR) is 123 cm³/mol. The Kier molecular flexibility index (Phi) is 8.87. The summed E-state index contributed by atoms with van der Waals surface area (Å²) < 4.78 is 5.30. The molecule has 2 aromatic carbocycles. The first-order valence-corrected chi connectivity index (χ1v) is 9.13. The Balaban J connectivity index is 0.00000261. The van der Waals surface area contributed by atoms with Gasteiger partial charge in [0.05, 0.1) is 6.61 Å². The van der Waals surface area contributed by atoms with Gasteiger partial charge in [0.1, 0.15) is 0 Å². The van der Waals surface area contributed by atoms with Gasteiger partial charge in [0.25, 0.3) is 0 Å². The van der Waals surface area contributed by atoms with Crippen LogP contribution in [0.25, 0.3) is 0 Å². The van der Waals surface area contributed by atoms with Crippen molar-refractivity contribution in [2.24, 2.45) is 4.99 Å². The van der Waals surface area contributed by atoms with Gasteiger partial charge in [-0.1, -0.05) is 42.5 Å². The number of para-hydroxylation sites is 1. The van der Waals surface area contributed by atoms with Crippen molar-refractivity contribution in [2.75, 3.05) is 45.2 Å². The lowest BCUT2D eigenvalue weighted by Crippen LogP contribution is -2.52. The average molecular weight is 480 g/mol. The molecule has 0 saturated carbocycles. The molecule has 2 aromatic rings.